The van der Waals surface area contributed by atoms with Crippen LogP contribution in [0.5, 0.6) is 0 Å². The van der Waals surface area contributed by atoms with E-state index in [1.807, 2.05) is 0 Å². The zero-order valence-corrected chi connectivity index (χ0v) is 34.8. The number of benzene rings is 11. The normalized spacial score (nSPS) is 11.2. The summed E-state index contributed by atoms with van der Waals surface area (Å²) in [6, 6.07) is 94.6. The molecule has 11 rings (SSSR count). The highest BCUT2D eigenvalue weighted by molar-refractivity contribution is 6.13. The molecule has 0 atom stereocenters. The maximum Gasteiger partial charge on any atom is 0.0462 e. The van der Waals surface area contributed by atoms with E-state index in [0.29, 0.717) is 0 Å². The number of fused-ring (bicyclic) bond motifs is 3. The molecule has 296 valence electrons. The van der Waals surface area contributed by atoms with Crippen LogP contribution in [0.25, 0.3) is 88.3 Å². The Morgan fingerprint density at radius 1 is 0.206 bits per heavy atom. The summed E-state index contributed by atoms with van der Waals surface area (Å²) in [7, 11) is 0. The van der Waals surface area contributed by atoms with Crippen LogP contribution in [0, 0.1) is 0 Å². The van der Waals surface area contributed by atoms with Crippen molar-refractivity contribution < 1.29 is 0 Å². The van der Waals surface area contributed by atoms with E-state index >= 15 is 0 Å². The lowest BCUT2D eigenvalue weighted by molar-refractivity contribution is 1.28. The molecule has 0 bridgehead atoms. The van der Waals surface area contributed by atoms with Gasteiger partial charge in [0.1, 0.15) is 0 Å². The second kappa shape index (κ2) is 16.7. The first-order valence-corrected chi connectivity index (χ1v) is 21.7. The van der Waals surface area contributed by atoms with E-state index in [1.165, 1.54) is 82.7 Å². The van der Waals surface area contributed by atoms with Crippen molar-refractivity contribution in [3.8, 4) is 66.8 Å². The molecule has 0 saturated carbocycles. The van der Waals surface area contributed by atoms with Gasteiger partial charge in [-0.3, -0.25) is 0 Å². The molecule has 0 fully saturated rings. The molecule has 63 heavy (non-hydrogen) atoms. The predicted molar refractivity (Wildman–Crippen MR) is 269 cm³/mol. The van der Waals surface area contributed by atoms with Gasteiger partial charge in [-0.05, 0) is 149 Å². The molecule has 11 aromatic rings. The zero-order valence-electron chi connectivity index (χ0n) is 34.8. The van der Waals surface area contributed by atoms with Crippen molar-refractivity contribution in [3.63, 3.8) is 0 Å². The molecule has 0 amide bonds. The molecule has 1 nitrogen and oxygen atoms in total. The maximum atomic E-state index is 2.36. The lowest BCUT2D eigenvalue weighted by atomic mass is 9.84. The third kappa shape index (κ3) is 7.37. The van der Waals surface area contributed by atoms with Gasteiger partial charge in [-0.2, -0.15) is 0 Å². The van der Waals surface area contributed by atoms with Gasteiger partial charge >= 0.3 is 0 Å². The van der Waals surface area contributed by atoms with Crippen LogP contribution >= 0.6 is 0 Å². The Morgan fingerprint density at radius 2 is 0.619 bits per heavy atom. The topological polar surface area (TPSA) is 3.24 Å². The predicted octanol–water partition coefficient (Wildman–Crippen LogP) is 17.5. The van der Waals surface area contributed by atoms with Crippen LogP contribution in [0.1, 0.15) is 0 Å². The smallest absolute Gasteiger partial charge is 0.0462 e. The standard InChI is InChI=1S/C62H43N/c1-5-18-44(19-6-1)52-42-60(46-20-7-2-8-21-46)62(61(43-52)47-22-9-3-10-23-47)51-26-17-25-49(40-51)45-32-36-54(37-33-45)63(53-27-11-4-12-28-53)55-38-34-48(35-39-55)59-41-50-24-13-14-29-56(50)57-30-15-16-31-58(57)59/h1-43H. The summed E-state index contributed by atoms with van der Waals surface area (Å²) in [5.41, 5.74) is 17.7. The highest BCUT2D eigenvalue weighted by Gasteiger charge is 2.19. The van der Waals surface area contributed by atoms with Gasteiger partial charge in [0.2, 0.25) is 0 Å². The summed E-state index contributed by atoms with van der Waals surface area (Å²) in [5.74, 6) is 0. The van der Waals surface area contributed by atoms with Gasteiger partial charge in [-0.25, -0.2) is 0 Å². The maximum absolute atomic E-state index is 2.36. The Bertz CT molecular complexity index is 3280. The third-order valence-corrected chi connectivity index (χ3v) is 12.2. The molecule has 0 aliphatic carbocycles. The molecule has 0 heterocycles. The fourth-order valence-corrected chi connectivity index (χ4v) is 9.21. The molecule has 0 unspecified atom stereocenters. The van der Waals surface area contributed by atoms with E-state index in [0.717, 1.165) is 22.6 Å². The first kappa shape index (κ1) is 37.7. The largest absolute Gasteiger partial charge is 0.311 e. The van der Waals surface area contributed by atoms with Crippen molar-refractivity contribution in [1.82, 2.24) is 0 Å². The Balaban J connectivity index is 0.982. The molecule has 0 aromatic heterocycles. The van der Waals surface area contributed by atoms with Crippen LogP contribution in [0.2, 0.25) is 0 Å². The van der Waals surface area contributed by atoms with Crippen molar-refractivity contribution >= 4 is 38.6 Å². The number of rotatable bonds is 9. The molecule has 0 aliphatic heterocycles. The third-order valence-electron chi connectivity index (χ3n) is 12.2. The van der Waals surface area contributed by atoms with E-state index in [-0.39, 0.29) is 0 Å². The molecule has 1 heteroatoms. The van der Waals surface area contributed by atoms with Crippen LogP contribution in [0.3, 0.4) is 0 Å². The SMILES string of the molecule is c1ccc(-c2cc(-c3ccccc3)c(-c3cccc(-c4ccc(N(c5ccccc5)c5ccc(-c6cc7ccccc7c7ccccc67)cc5)cc4)c3)c(-c3ccccc3)c2)cc1. The second-order valence-corrected chi connectivity index (χ2v) is 16.1. The van der Waals surface area contributed by atoms with Gasteiger partial charge in [0, 0.05) is 17.1 Å². The average molecular weight is 802 g/mol. The average Bonchev–Trinajstić information content (AvgIpc) is 3.37. The highest BCUT2D eigenvalue weighted by Crippen LogP contribution is 2.45. The molecule has 0 radical (unpaired) electrons. The number of hydrogen-bond acceptors (Lipinski definition) is 1. The molecular formula is C62H43N. The van der Waals surface area contributed by atoms with Crippen molar-refractivity contribution in [2.24, 2.45) is 0 Å². The Morgan fingerprint density at radius 3 is 1.22 bits per heavy atom. The highest BCUT2D eigenvalue weighted by atomic mass is 15.1. The fraction of sp³-hybridized carbons (Fsp3) is 0. The molecule has 11 aromatic carbocycles. The monoisotopic (exact) mass is 801 g/mol. The Kier molecular flexibility index (Phi) is 9.97. The zero-order chi connectivity index (χ0) is 42.0. The minimum atomic E-state index is 1.10. The quantitative estimate of drug-likeness (QED) is 0.131. The van der Waals surface area contributed by atoms with Gasteiger partial charge in [0.25, 0.3) is 0 Å². The van der Waals surface area contributed by atoms with Gasteiger partial charge < -0.3 is 4.90 Å². The summed E-state index contributed by atoms with van der Waals surface area (Å²) in [5, 5.41) is 5.08. The lowest BCUT2D eigenvalue weighted by Gasteiger charge is -2.26. The van der Waals surface area contributed by atoms with Crippen LogP contribution in [-0.2, 0) is 0 Å². The van der Waals surface area contributed by atoms with Gasteiger partial charge in [-0.15, -0.1) is 0 Å². The van der Waals surface area contributed by atoms with Crippen molar-refractivity contribution in [2.45, 2.75) is 0 Å². The first-order valence-electron chi connectivity index (χ1n) is 21.7. The number of hydrogen-bond donors (Lipinski definition) is 0. The minimum absolute atomic E-state index is 1.10. The summed E-state index contributed by atoms with van der Waals surface area (Å²) in [4.78, 5) is 2.34. The summed E-state index contributed by atoms with van der Waals surface area (Å²) < 4.78 is 0. The molecule has 0 N–H and O–H groups in total. The summed E-state index contributed by atoms with van der Waals surface area (Å²) >= 11 is 0. The van der Waals surface area contributed by atoms with Crippen LogP contribution in [0.15, 0.2) is 261 Å². The van der Waals surface area contributed by atoms with Crippen molar-refractivity contribution in [1.29, 1.82) is 0 Å². The lowest BCUT2D eigenvalue weighted by Crippen LogP contribution is -2.09. The number of para-hydroxylation sites is 1. The van der Waals surface area contributed by atoms with E-state index in [1.54, 1.807) is 0 Å². The van der Waals surface area contributed by atoms with Crippen LogP contribution in [-0.4, -0.2) is 0 Å². The second-order valence-electron chi connectivity index (χ2n) is 16.1. The van der Waals surface area contributed by atoms with E-state index in [2.05, 4.69) is 266 Å². The van der Waals surface area contributed by atoms with Gasteiger partial charge in [0.15, 0.2) is 0 Å². The Labute approximate surface area is 369 Å². The van der Waals surface area contributed by atoms with E-state index in [4.69, 9.17) is 0 Å². The summed E-state index contributed by atoms with van der Waals surface area (Å²) in [6.45, 7) is 0. The molecule has 0 aliphatic rings. The molecular weight excluding hydrogens is 759 g/mol. The Hall–Kier alpha value is -8.26. The number of anilines is 3. The first-order chi connectivity index (χ1) is 31.2. The minimum Gasteiger partial charge on any atom is -0.311 e. The molecule has 0 spiro atoms. The van der Waals surface area contributed by atoms with Crippen molar-refractivity contribution in [3.05, 3.63) is 261 Å². The number of nitrogens with zero attached hydrogens (tertiary/aromatic N) is 1. The van der Waals surface area contributed by atoms with Crippen LogP contribution in [0.4, 0.5) is 17.1 Å². The fourth-order valence-electron chi connectivity index (χ4n) is 9.21. The van der Waals surface area contributed by atoms with Gasteiger partial charge in [-0.1, -0.05) is 200 Å². The van der Waals surface area contributed by atoms with Crippen molar-refractivity contribution in [2.75, 3.05) is 4.90 Å². The van der Waals surface area contributed by atoms with E-state index < -0.39 is 0 Å². The van der Waals surface area contributed by atoms with E-state index in [9.17, 15) is 0 Å². The van der Waals surface area contributed by atoms with Gasteiger partial charge in [0.05, 0.1) is 0 Å². The molecule has 0 saturated heterocycles. The summed E-state index contributed by atoms with van der Waals surface area (Å²) in [6.07, 6.45) is 0. The van der Waals surface area contributed by atoms with Crippen LogP contribution < -0.4 is 4.90 Å².